The number of hydrogen-bond acceptors (Lipinski definition) is 9. The van der Waals surface area contributed by atoms with E-state index in [9.17, 15) is 34.2 Å². The molecule has 2 rings (SSSR count). The largest absolute Gasteiger partial charge is 0.508 e. The van der Waals surface area contributed by atoms with E-state index in [0.717, 1.165) is 6.42 Å². The fraction of sp³-hybridized carbons (Fsp3) is 0.636. The molecule has 0 spiro atoms. The number of benzene rings is 1. The van der Waals surface area contributed by atoms with Crippen LogP contribution in [0.5, 0.6) is 5.75 Å². The molecule has 1 aromatic carbocycles. The maximum atomic E-state index is 13.5. The summed E-state index contributed by atoms with van der Waals surface area (Å²) in [6.07, 6.45) is 2.15. The second-order valence-electron chi connectivity index (χ2n) is 13.2. The smallest absolute Gasteiger partial charge is 0.245 e. The highest BCUT2D eigenvalue weighted by atomic mass is 16.3. The van der Waals surface area contributed by atoms with E-state index in [0.29, 0.717) is 24.9 Å². The molecule has 1 aliphatic rings. The maximum Gasteiger partial charge on any atom is 0.245 e. The number of rotatable bonds is 18. The number of aromatic hydroxyl groups is 1. The van der Waals surface area contributed by atoms with Gasteiger partial charge in [0.1, 0.15) is 29.9 Å². The highest BCUT2D eigenvalue weighted by Gasteiger charge is 2.37. The Bertz CT molecular complexity index is 1300. The fourth-order valence-electron chi connectivity index (χ4n) is 5.45. The van der Waals surface area contributed by atoms with E-state index in [4.69, 9.17) is 17.2 Å². The number of nitrogens with one attached hydrogen (secondary N) is 4. The lowest BCUT2D eigenvalue weighted by Gasteiger charge is -2.32. The van der Waals surface area contributed by atoms with Crippen LogP contribution in [0.2, 0.25) is 0 Å². The zero-order chi connectivity index (χ0) is 36.8. The minimum atomic E-state index is -1.13. The Morgan fingerprint density at radius 2 is 1.49 bits per heavy atom. The molecule has 274 valence electrons. The molecule has 0 bridgehead atoms. The number of likely N-dealkylation sites (tertiary alicyclic amines) is 1. The van der Waals surface area contributed by atoms with Crippen LogP contribution in [0.4, 0.5) is 0 Å². The molecule has 0 aliphatic carbocycles. The molecule has 16 heteroatoms. The molecule has 0 unspecified atom stereocenters. The topological polar surface area (TPSA) is 268 Å². The fourth-order valence-corrected chi connectivity index (χ4v) is 5.45. The number of amides is 5. The highest BCUT2D eigenvalue weighted by Crippen LogP contribution is 2.20. The first-order chi connectivity index (χ1) is 23.0. The van der Waals surface area contributed by atoms with Crippen LogP contribution in [0, 0.1) is 11.8 Å². The van der Waals surface area contributed by atoms with Crippen molar-refractivity contribution >= 4 is 35.5 Å². The number of nitrogens with zero attached hydrogens (tertiary/aromatic N) is 2. The minimum Gasteiger partial charge on any atom is -0.508 e. The number of carbonyl (C=O) groups excluding carboxylic acids is 5. The van der Waals surface area contributed by atoms with Gasteiger partial charge in [0.15, 0.2) is 5.96 Å². The van der Waals surface area contributed by atoms with E-state index in [1.807, 2.05) is 0 Å². The molecular weight excluding hydrogens is 634 g/mol. The van der Waals surface area contributed by atoms with Gasteiger partial charge in [-0.1, -0.05) is 39.8 Å². The Hall–Kier alpha value is -4.44. The summed E-state index contributed by atoms with van der Waals surface area (Å²) >= 11 is 0. The number of phenolic OH excluding ortho intramolecular Hbond substituents is 1. The van der Waals surface area contributed by atoms with Gasteiger partial charge in [0.2, 0.25) is 29.5 Å². The lowest BCUT2D eigenvalue weighted by atomic mass is 9.98. The molecule has 6 atom stereocenters. The van der Waals surface area contributed by atoms with Crippen molar-refractivity contribution in [3.05, 3.63) is 29.8 Å². The van der Waals surface area contributed by atoms with Crippen molar-refractivity contribution in [2.75, 3.05) is 19.7 Å². The quantitative estimate of drug-likeness (QED) is 0.0493. The number of hydrogen-bond donors (Lipinski definition) is 9. The van der Waals surface area contributed by atoms with E-state index >= 15 is 0 Å². The molecular formula is C33H55N9O7. The van der Waals surface area contributed by atoms with Gasteiger partial charge in [0.25, 0.3) is 0 Å². The van der Waals surface area contributed by atoms with Crippen LogP contribution >= 0.6 is 0 Å². The number of aliphatic hydroxyl groups is 1. The number of nitrogens with two attached hydrogens (primary N) is 3. The molecule has 0 saturated carbocycles. The van der Waals surface area contributed by atoms with Crippen molar-refractivity contribution in [2.24, 2.45) is 34.0 Å². The van der Waals surface area contributed by atoms with Crippen LogP contribution in [0.25, 0.3) is 0 Å². The van der Waals surface area contributed by atoms with Gasteiger partial charge in [-0.2, -0.15) is 0 Å². The normalized spacial score (nSPS) is 17.4. The third-order valence-corrected chi connectivity index (χ3v) is 8.41. The first kappa shape index (κ1) is 40.7. The van der Waals surface area contributed by atoms with E-state index in [2.05, 4.69) is 26.3 Å². The van der Waals surface area contributed by atoms with Crippen LogP contribution < -0.4 is 38.5 Å². The second kappa shape index (κ2) is 19.5. The third kappa shape index (κ3) is 12.8. The van der Waals surface area contributed by atoms with Crippen LogP contribution in [0.15, 0.2) is 29.3 Å². The number of phenols is 1. The summed E-state index contributed by atoms with van der Waals surface area (Å²) in [7, 11) is 0. The van der Waals surface area contributed by atoms with Crippen LogP contribution in [-0.4, -0.2) is 107 Å². The van der Waals surface area contributed by atoms with E-state index < -0.39 is 53.8 Å². The van der Waals surface area contributed by atoms with Gasteiger partial charge in [-0.05, 0) is 62.1 Å². The zero-order valence-electron chi connectivity index (χ0n) is 29.1. The van der Waals surface area contributed by atoms with E-state index in [1.54, 1.807) is 44.7 Å². The van der Waals surface area contributed by atoms with Crippen molar-refractivity contribution in [3.8, 4) is 5.75 Å². The number of aliphatic hydroxyl groups excluding tert-OH is 1. The highest BCUT2D eigenvalue weighted by molar-refractivity contribution is 5.96. The van der Waals surface area contributed by atoms with E-state index in [-0.39, 0.29) is 61.5 Å². The molecule has 12 N–H and O–H groups in total. The number of guanidine groups is 1. The Kier molecular flexibility index (Phi) is 16.2. The van der Waals surface area contributed by atoms with Gasteiger partial charge < -0.3 is 53.6 Å². The van der Waals surface area contributed by atoms with Crippen molar-refractivity contribution < 1.29 is 34.2 Å². The summed E-state index contributed by atoms with van der Waals surface area (Å²) < 4.78 is 0. The molecule has 1 aliphatic heterocycles. The Morgan fingerprint density at radius 1 is 0.878 bits per heavy atom. The van der Waals surface area contributed by atoms with Gasteiger partial charge in [-0.3, -0.25) is 29.0 Å². The summed E-state index contributed by atoms with van der Waals surface area (Å²) in [5, 5.41) is 30.1. The Balaban J connectivity index is 2.12. The third-order valence-electron chi connectivity index (χ3n) is 8.41. The maximum absolute atomic E-state index is 13.5. The van der Waals surface area contributed by atoms with Gasteiger partial charge in [0.05, 0.1) is 18.7 Å². The molecule has 1 heterocycles. The average Bonchev–Trinajstić information content (AvgIpc) is 3.53. The summed E-state index contributed by atoms with van der Waals surface area (Å²) in [6, 6.07) is 0.683. The van der Waals surface area contributed by atoms with Gasteiger partial charge in [0, 0.05) is 19.5 Å². The first-order valence-electron chi connectivity index (χ1n) is 16.8. The minimum absolute atomic E-state index is 0.0279. The van der Waals surface area contributed by atoms with Gasteiger partial charge >= 0.3 is 0 Å². The lowest BCUT2D eigenvalue weighted by molar-refractivity contribution is -0.140. The average molecular weight is 690 g/mol. The first-order valence-corrected chi connectivity index (χ1v) is 16.8. The standard InChI is InChI=1S/C33H55N9O7/c1-18(2)26(31(48)41-27(19(3)4)32(49)42-15-7-8-22(42)17-43)40-28(45)20(5)38-30(47)25(16-21-10-12-23(44)13-11-21)39-29(46)24(34)9-6-14-37-33(35)36/h10-13,18-20,22,24-27,43-44H,6-9,14-17,34H2,1-5H3,(H,38,47)(H,39,46)(H,40,45)(H,41,48)(H4,35,36,37)/t20-,22-,24-,25-,26-,27-/m0/s1. The summed E-state index contributed by atoms with van der Waals surface area (Å²) in [6.45, 7) is 9.15. The van der Waals surface area contributed by atoms with Crippen LogP contribution in [0.1, 0.15) is 65.9 Å². The van der Waals surface area contributed by atoms with Crippen molar-refractivity contribution in [1.82, 2.24) is 26.2 Å². The molecule has 1 saturated heterocycles. The Labute approximate surface area is 288 Å². The monoisotopic (exact) mass is 689 g/mol. The number of aliphatic imine (C=N–C) groups is 1. The summed E-state index contributed by atoms with van der Waals surface area (Å²) in [5.41, 5.74) is 17.3. The molecule has 49 heavy (non-hydrogen) atoms. The van der Waals surface area contributed by atoms with Crippen LogP contribution in [-0.2, 0) is 30.4 Å². The summed E-state index contributed by atoms with van der Waals surface area (Å²) in [5.74, 6) is -3.44. The Morgan fingerprint density at radius 3 is 2.06 bits per heavy atom. The second-order valence-corrected chi connectivity index (χ2v) is 13.2. The molecule has 0 aromatic heterocycles. The van der Waals surface area contributed by atoms with E-state index in [1.165, 1.54) is 19.1 Å². The molecule has 1 aromatic rings. The zero-order valence-corrected chi connectivity index (χ0v) is 29.1. The summed E-state index contributed by atoms with van der Waals surface area (Å²) in [4.78, 5) is 72.0. The number of carbonyl (C=O) groups is 5. The lowest BCUT2D eigenvalue weighted by Crippen LogP contribution is -2.60. The predicted octanol–water partition coefficient (Wildman–Crippen LogP) is -1.43. The van der Waals surface area contributed by atoms with Gasteiger partial charge in [-0.25, -0.2) is 0 Å². The molecule has 16 nitrogen and oxygen atoms in total. The van der Waals surface area contributed by atoms with Crippen molar-refractivity contribution in [2.45, 2.75) is 103 Å². The van der Waals surface area contributed by atoms with Gasteiger partial charge in [-0.15, -0.1) is 0 Å². The van der Waals surface area contributed by atoms with Crippen LogP contribution in [0.3, 0.4) is 0 Å². The molecule has 1 fully saturated rings. The SMILES string of the molecule is CC(C)[C@H](NC(=O)[C@H](C)NC(=O)[C@H](Cc1ccc(O)cc1)NC(=O)[C@@H](N)CCCN=C(N)N)C(=O)N[C@H](C(=O)N1CCC[C@H]1CO)C(C)C. The predicted molar refractivity (Wildman–Crippen MR) is 185 cm³/mol. The van der Waals surface area contributed by atoms with Crippen molar-refractivity contribution in [1.29, 1.82) is 0 Å². The van der Waals surface area contributed by atoms with Crippen molar-refractivity contribution in [3.63, 3.8) is 0 Å². The molecule has 5 amide bonds. The molecule has 0 radical (unpaired) electrons.